The number of aromatic nitrogens is 2. The highest BCUT2D eigenvalue weighted by atomic mass is 127. The Hall–Kier alpha value is -1.34. The van der Waals surface area contributed by atoms with Crippen molar-refractivity contribution in [3.05, 3.63) is 11.9 Å². The lowest BCUT2D eigenvalue weighted by Crippen LogP contribution is -3.00. The van der Waals surface area contributed by atoms with Crippen molar-refractivity contribution in [2.75, 3.05) is 41.5 Å². The number of halogens is 1. The fraction of sp³-hybridized carbons (Fsp3) is 0.625. The third-order valence-corrected chi connectivity index (χ3v) is 4.19. The van der Waals surface area contributed by atoms with Gasteiger partial charge < -0.3 is 42.7 Å². The number of ether oxygens (including phenoxy) is 3. The first-order chi connectivity index (χ1) is 12.1. The molecule has 0 aliphatic rings. The van der Waals surface area contributed by atoms with Crippen molar-refractivity contribution in [2.24, 2.45) is 0 Å². The Balaban J connectivity index is 0.00000676. The van der Waals surface area contributed by atoms with Gasteiger partial charge in [-0.25, -0.2) is 23.9 Å². The molecule has 0 aliphatic carbocycles. The predicted molar refractivity (Wildman–Crippen MR) is 95.1 cm³/mol. The van der Waals surface area contributed by atoms with Gasteiger partial charge in [-0.05, 0) is 13.8 Å². The van der Waals surface area contributed by atoms with Gasteiger partial charge in [-0.3, -0.25) is 0 Å². The zero-order valence-electron chi connectivity index (χ0n) is 16.4. The Morgan fingerprint density at radius 3 is 2.26 bits per heavy atom. The first kappa shape index (κ1) is 25.7. The van der Waals surface area contributed by atoms with Crippen LogP contribution in [-0.4, -0.2) is 78.9 Å². The van der Waals surface area contributed by atoms with Crippen LogP contribution in [0, 0.1) is 0 Å². The first-order valence-electron chi connectivity index (χ1n) is 8.12. The summed E-state index contributed by atoms with van der Waals surface area (Å²) in [5.41, 5.74) is 0.466. The van der Waals surface area contributed by atoms with E-state index in [-0.39, 0.29) is 54.7 Å². The van der Waals surface area contributed by atoms with Gasteiger partial charge in [0.25, 0.3) is 0 Å². The summed E-state index contributed by atoms with van der Waals surface area (Å²) in [5, 5.41) is -0.451. The van der Waals surface area contributed by atoms with Gasteiger partial charge in [0.05, 0.1) is 53.6 Å². The van der Waals surface area contributed by atoms with E-state index in [1.54, 1.807) is 13.8 Å². The second-order valence-electron chi connectivity index (χ2n) is 6.23. The number of quaternary nitrogens is 1. The van der Waals surface area contributed by atoms with E-state index in [0.717, 1.165) is 4.57 Å². The molecule has 0 saturated carbocycles. The summed E-state index contributed by atoms with van der Waals surface area (Å²) in [6.45, 7) is 3.76. The maximum absolute atomic E-state index is 12.1. The van der Waals surface area contributed by atoms with E-state index in [1.807, 2.05) is 21.1 Å². The second-order valence-corrected chi connectivity index (χ2v) is 7.13. The highest BCUT2D eigenvalue weighted by molar-refractivity contribution is 8.13. The molecule has 0 amide bonds. The molecule has 0 aliphatic heterocycles. The molecule has 0 saturated heterocycles. The van der Waals surface area contributed by atoms with Crippen LogP contribution in [0.2, 0.25) is 0 Å². The SMILES string of the molecule is CCOC(=O)Sc1nc(CC(C(=O)OC)[N+](C)(C)C)cn1C(=O)OCC.[I-]. The molecule has 154 valence electrons. The highest BCUT2D eigenvalue weighted by Crippen LogP contribution is 2.22. The molecule has 0 radical (unpaired) electrons. The van der Waals surface area contributed by atoms with Crippen molar-refractivity contribution < 1.29 is 57.1 Å². The summed E-state index contributed by atoms with van der Waals surface area (Å²) in [7, 11) is 6.90. The van der Waals surface area contributed by atoms with E-state index < -0.39 is 17.4 Å². The normalized spacial score (nSPS) is 11.9. The van der Waals surface area contributed by atoms with Crippen molar-refractivity contribution in [3.63, 3.8) is 0 Å². The maximum Gasteiger partial charge on any atom is 0.420 e. The molecule has 1 heterocycles. The molecule has 1 rings (SSSR count). The van der Waals surface area contributed by atoms with Gasteiger partial charge >= 0.3 is 17.4 Å². The fourth-order valence-corrected chi connectivity index (χ4v) is 2.85. The van der Waals surface area contributed by atoms with Crippen LogP contribution in [0.5, 0.6) is 0 Å². The first-order valence-corrected chi connectivity index (χ1v) is 8.94. The molecule has 1 aromatic rings. The Labute approximate surface area is 180 Å². The summed E-state index contributed by atoms with van der Waals surface area (Å²) >= 11 is 0.687. The summed E-state index contributed by atoms with van der Waals surface area (Å²) in [6, 6.07) is -0.522. The molecule has 9 nitrogen and oxygen atoms in total. The lowest BCUT2D eigenvalue weighted by Gasteiger charge is -2.31. The van der Waals surface area contributed by atoms with Gasteiger partial charge in [0.1, 0.15) is 0 Å². The summed E-state index contributed by atoms with van der Waals surface area (Å²) < 4.78 is 16.2. The van der Waals surface area contributed by atoms with Crippen LogP contribution in [0.25, 0.3) is 0 Å². The zero-order chi connectivity index (χ0) is 19.9. The fourth-order valence-electron chi connectivity index (χ4n) is 2.13. The molecule has 27 heavy (non-hydrogen) atoms. The molecule has 0 spiro atoms. The van der Waals surface area contributed by atoms with Gasteiger partial charge in [0, 0.05) is 18.0 Å². The van der Waals surface area contributed by atoms with Crippen LogP contribution in [0.15, 0.2) is 11.4 Å². The Morgan fingerprint density at radius 1 is 1.19 bits per heavy atom. The minimum Gasteiger partial charge on any atom is -1.00 e. The largest absolute Gasteiger partial charge is 1.00 e. The average molecular weight is 515 g/mol. The number of nitrogens with zero attached hydrogens (tertiary/aromatic N) is 3. The number of rotatable bonds is 7. The van der Waals surface area contributed by atoms with Crippen molar-refractivity contribution in [2.45, 2.75) is 31.5 Å². The van der Waals surface area contributed by atoms with Crippen LogP contribution < -0.4 is 24.0 Å². The standard InChI is InChI=1S/C16H26N3O6S.HI/c1-7-24-15(21)18-10-11(17-14(18)26-16(22)25-8-2)9-12(13(20)23-6)19(3,4)5;/h10,12H,7-9H2,1-6H3;1H/q+1;/p-1. The number of hydrogen-bond donors (Lipinski definition) is 0. The van der Waals surface area contributed by atoms with Gasteiger partial charge in [-0.1, -0.05) is 0 Å². The van der Waals surface area contributed by atoms with Gasteiger partial charge in [-0.15, -0.1) is 0 Å². The van der Waals surface area contributed by atoms with Crippen LogP contribution >= 0.6 is 11.8 Å². The van der Waals surface area contributed by atoms with E-state index in [0.29, 0.717) is 21.9 Å². The molecule has 1 unspecified atom stereocenters. The second kappa shape index (κ2) is 11.5. The van der Waals surface area contributed by atoms with Gasteiger partial charge in [-0.2, -0.15) is 0 Å². The number of esters is 1. The number of thioether (sulfide) groups is 1. The number of likely N-dealkylation sites (N-methyl/N-ethyl adjacent to an activating group) is 1. The molecule has 0 aromatic carbocycles. The summed E-state index contributed by atoms with van der Waals surface area (Å²) in [6.07, 6.45) is 1.04. The van der Waals surface area contributed by atoms with Crippen LogP contribution in [-0.2, 0) is 25.4 Å². The molecule has 11 heteroatoms. The maximum atomic E-state index is 12.1. The lowest BCUT2D eigenvalue weighted by atomic mass is 10.1. The minimum absolute atomic E-state index is 0. The van der Waals surface area contributed by atoms with Gasteiger partial charge in [0.15, 0.2) is 11.2 Å². The number of methoxy groups -OCH3 is 1. The van der Waals surface area contributed by atoms with E-state index >= 15 is 0 Å². The summed E-state index contributed by atoms with van der Waals surface area (Å²) in [5.74, 6) is -0.386. The zero-order valence-corrected chi connectivity index (χ0v) is 19.3. The van der Waals surface area contributed by atoms with Crippen molar-refractivity contribution in [1.29, 1.82) is 0 Å². The summed E-state index contributed by atoms with van der Waals surface area (Å²) in [4.78, 5) is 40.3. The Morgan fingerprint density at radius 2 is 1.78 bits per heavy atom. The van der Waals surface area contributed by atoms with Crippen molar-refractivity contribution in [3.8, 4) is 0 Å². The number of carbonyl (C=O) groups is 3. The van der Waals surface area contributed by atoms with E-state index in [2.05, 4.69) is 4.98 Å². The molecule has 0 bridgehead atoms. The predicted octanol–water partition coefficient (Wildman–Crippen LogP) is -1.07. The molecular formula is C16H26IN3O6S. The lowest BCUT2D eigenvalue weighted by molar-refractivity contribution is -0.887. The van der Waals surface area contributed by atoms with E-state index in [4.69, 9.17) is 14.2 Å². The Kier molecular flexibility index (Phi) is 10.9. The number of carbonyl (C=O) groups excluding carboxylic acids is 3. The van der Waals surface area contributed by atoms with Crippen LogP contribution in [0.4, 0.5) is 9.59 Å². The molecule has 1 aromatic heterocycles. The monoisotopic (exact) mass is 515 g/mol. The highest BCUT2D eigenvalue weighted by Gasteiger charge is 2.34. The van der Waals surface area contributed by atoms with E-state index in [9.17, 15) is 14.4 Å². The molecule has 0 N–H and O–H groups in total. The third kappa shape index (κ3) is 7.66. The average Bonchev–Trinajstić information content (AvgIpc) is 2.94. The number of hydrogen-bond acceptors (Lipinski definition) is 8. The third-order valence-electron chi connectivity index (χ3n) is 3.44. The van der Waals surface area contributed by atoms with Crippen molar-refractivity contribution in [1.82, 2.24) is 9.55 Å². The van der Waals surface area contributed by atoms with E-state index in [1.165, 1.54) is 13.3 Å². The smallest absolute Gasteiger partial charge is 0.420 e. The van der Waals surface area contributed by atoms with Crippen LogP contribution in [0.1, 0.15) is 19.5 Å². The van der Waals surface area contributed by atoms with Crippen molar-refractivity contribution >= 4 is 29.1 Å². The molecular weight excluding hydrogens is 489 g/mol. The topological polar surface area (TPSA) is 96.7 Å². The molecule has 0 fully saturated rings. The van der Waals surface area contributed by atoms with Gasteiger partial charge in [0.2, 0.25) is 0 Å². The number of imidazole rings is 1. The Bertz CT molecular complexity index is 659. The molecule has 1 atom stereocenters. The quantitative estimate of drug-likeness (QED) is 0.149. The minimum atomic E-state index is -0.655. The van der Waals surface area contributed by atoms with Crippen LogP contribution in [0.3, 0.4) is 0 Å².